The summed E-state index contributed by atoms with van der Waals surface area (Å²) in [4.78, 5) is 21.4. The van der Waals surface area contributed by atoms with Crippen molar-refractivity contribution in [2.45, 2.75) is 38.1 Å². The third-order valence-electron chi connectivity index (χ3n) is 4.35. The van der Waals surface area contributed by atoms with Crippen molar-refractivity contribution in [3.05, 3.63) is 41.2 Å². The van der Waals surface area contributed by atoms with Crippen molar-refractivity contribution in [1.29, 1.82) is 0 Å². The number of hydrogen-bond acceptors (Lipinski definition) is 5. The summed E-state index contributed by atoms with van der Waals surface area (Å²) in [5.41, 5.74) is 7.00. The Kier molecular flexibility index (Phi) is 8.48. The topological polar surface area (TPSA) is 127 Å². The van der Waals surface area contributed by atoms with E-state index in [9.17, 15) is 18.4 Å². The number of thiocarbonyl (C=S) groups is 1. The summed E-state index contributed by atoms with van der Waals surface area (Å²) in [7, 11) is 0. The van der Waals surface area contributed by atoms with Gasteiger partial charge >= 0.3 is 11.9 Å². The highest BCUT2D eigenvalue weighted by Crippen LogP contribution is 2.32. The number of hydrogen-bond donors (Lipinski definition) is 3. The number of aliphatic carboxylic acids is 2. The number of fused-ring (bicyclic) bond motifs is 1. The largest absolute Gasteiger partial charge is 0.488 e. The van der Waals surface area contributed by atoms with Gasteiger partial charge in [-0.05, 0) is 31.2 Å². The minimum absolute atomic E-state index is 0.0632. The molecule has 0 aliphatic carbocycles. The lowest BCUT2D eigenvalue weighted by atomic mass is 10.0. The lowest BCUT2D eigenvalue weighted by Crippen LogP contribution is -2.44. The van der Waals surface area contributed by atoms with E-state index in [1.54, 1.807) is 6.20 Å². The highest BCUT2D eigenvalue weighted by Gasteiger charge is 2.33. The SMILES string of the molecule is NCCC1=C[N]C(=S)N1[C@H]1COc2c(F)cc(F)cc2C1.O=C(O)CCCC(=O)O. The van der Waals surface area contributed by atoms with Crippen molar-refractivity contribution in [3.63, 3.8) is 0 Å². The fourth-order valence-electron chi connectivity index (χ4n) is 3.08. The molecular weight excluding hydrogens is 420 g/mol. The first kappa shape index (κ1) is 23.5. The molecule has 30 heavy (non-hydrogen) atoms. The Bertz CT molecular complexity index is 836. The maximum Gasteiger partial charge on any atom is 0.303 e. The van der Waals surface area contributed by atoms with Gasteiger partial charge in [0.15, 0.2) is 16.7 Å². The molecule has 0 saturated carbocycles. The highest BCUT2D eigenvalue weighted by molar-refractivity contribution is 7.80. The molecule has 0 spiro atoms. The second-order valence-corrected chi connectivity index (χ2v) is 6.99. The Morgan fingerprint density at radius 2 is 1.93 bits per heavy atom. The molecule has 1 atom stereocenters. The molecule has 0 amide bonds. The maximum absolute atomic E-state index is 13.7. The van der Waals surface area contributed by atoms with Crippen LogP contribution in [0.2, 0.25) is 0 Å². The van der Waals surface area contributed by atoms with Gasteiger partial charge in [-0.1, -0.05) is 0 Å². The fraction of sp³-hybridized carbons (Fsp3) is 0.421. The van der Waals surface area contributed by atoms with Crippen molar-refractivity contribution in [1.82, 2.24) is 10.2 Å². The third-order valence-corrected chi connectivity index (χ3v) is 4.65. The van der Waals surface area contributed by atoms with Gasteiger partial charge in [0.1, 0.15) is 12.4 Å². The molecule has 4 N–H and O–H groups in total. The van der Waals surface area contributed by atoms with Crippen LogP contribution in [0.1, 0.15) is 31.2 Å². The summed E-state index contributed by atoms with van der Waals surface area (Å²) in [6, 6.07) is 2.00. The Hall–Kier alpha value is -2.79. The predicted octanol–water partition coefficient (Wildman–Crippen LogP) is 1.99. The zero-order valence-corrected chi connectivity index (χ0v) is 16.8. The normalized spacial score (nSPS) is 17.2. The molecule has 0 fully saturated rings. The first-order valence-electron chi connectivity index (χ1n) is 9.20. The molecule has 8 nitrogen and oxygen atoms in total. The van der Waals surface area contributed by atoms with E-state index in [0.717, 1.165) is 11.8 Å². The van der Waals surface area contributed by atoms with Crippen molar-refractivity contribution >= 4 is 29.3 Å². The van der Waals surface area contributed by atoms with Gasteiger partial charge in [-0.25, -0.2) is 14.1 Å². The van der Waals surface area contributed by atoms with Crippen molar-refractivity contribution in [3.8, 4) is 5.75 Å². The van der Waals surface area contributed by atoms with Gasteiger partial charge in [0.25, 0.3) is 0 Å². The van der Waals surface area contributed by atoms with Gasteiger partial charge in [0.05, 0.1) is 6.04 Å². The Morgan fingerprint density at radius 3 is 2.53 bits per heavy atom. The van der Waals surface area contributed by atoms with E-state index in [-0.39, 0.29) is 37.7 Å². The van der Waals surface area contributed by atoms with Gasteiger partial charge in [0.2, 0.25) is 0 Å². The summed E-state index contributed by atoms with van der Waals surface area (Å²) in [5, 5.41) is 20.6. The Morgan fingerprint density at radius 1 is 1.27 bits per heavy atom. The van der Waals surface area contributed by atoms with E-state index in [1.165, 1.54) is 6.07 Å². The average molecular weight is 442 g/mol. The number of carboxylic acids is 2. The smallest absolute Gasteiger partial charge is 0.303 e. The van der Waals surface area contributed by atoms with Crippen LogP contribution in [-0.2, 0) is 16.0 Å². The van der Waals surface area contributed by atoms with Crippen LogP contribution in [-0.4, -0.2) is 51.4 Å². The van der Waals surface area contributed by atoms with Crippen LogP contribution in [0.25, 0.3) is 0 Å². The molecule has 2 aliphatic heterocycles. The van der Waals surface area contributed by atoms with E-state index in [0.29, 0.717) is 30.1 Å². The zero-order valence-electron chi connectivity index (χ0n) is 16.0. The number of halogens is 2. The molecule has 1 radical (unpaired) electrons. The average Bonchev–Trinajstić information content (AvgIpc) is 3.01. The summed E-state index contributed by atoms with van der Waals surface area (Å²) in [5.74, 6) is -3.05. The number of nitrogens with two attached hydrogens (primary N) is 1. The standard InChI is InChI=1S/C14H14F2N3OS.C5H8O4/c15-9-3-8-4-11(7-20-13(8)12(16)5-9)19-10(1-2-17)6-18-14(19)21;6-4(7)2-1-3-5(8)9/h3,5-6,11H,1-2,4,7,17H2;1-3H2,(H,6,7)(H,8,9)/t11-;/m1./s1. The van der Waals surface area contributed by atoms with Crippen LogP contribution in [0.15, 0.2) is 24.0 Å². The molecule has 1 aromatic rings. The van der Waals surface area contributed by atoms with Gasteiger partial charge < -0.3 is 25.6 Å². The number of carboxylic acid groups (broad SMARTS) is 2. The maximum atomic E-state index is 13.7. The molecule has 163 valence electrons. The molecular formula is C19H22F2N3O5S. The fourth-order valence-corrected chi connectivity index (χ4v) is 3.40. The number of rotatable bonds is 7. The van der Waals surface area contributed by atoms with E-state index in [4.69, 9.17) is 32.9 Å². The van der Waals surface area contributed by atoms with E-state index < -0.39 is 23.6 Å². The molecule has 0 aromatic heterocycles. The second kappa shape index (κ2) is 10.8. The molecule has 0 saturated heterocycles. The van der Waals surface area contributed by atoms with Gasteiger partial charge in [-0.2, -0.15) is 0 Å². The number of nitrogens with zero attached hydrogens (tertiary/aromatic N) is 2. The van der Waals surface area contributed by atoms with Crippen LogP contribution >= 0.6 is 12.2 Å². The summed E-state index contributed by atoms with van der Waals surface area (Å²) < 4.78 is 32.5. The van der Waals surface area contributed by atoms with Crippen molar-refractivity contribution in [2.24, 2.45) is 5.73 Å². The highest BCUT2D eigenvalue weighted by atomic mass is 32.1. The minimum atomic E-state index is -0.948. The van der Waals surface area contributed by atoms with Crippen molar-refractivity contribution < 1.29 is 33.3 Å². The molecule has 1 aromatic carbocycles. The Labute approximate surface area is 177 Å². The molecule has 3 rings (SSSR count). The first-order valence-corrected chi connectivity index (χ1v) is 9.61. The van der Waals surface area contributed by atoms with Gasteiger partial charge in [-0.15, -0.1) is 0 Å². The van der Waals surface area contributed by atoms with E-state index >= 15 is 0 Å². The van der Waals surface area contributed by atoms with Crippen LogP contribution in [0.4, 0.5) is 8.78 Å². The predicted molar refractivity (Wildman–Crippen MR) is 107 cm³/mol. The van der Waals surface area contributed by atoms with Crippen molar-refractivity contribution in [2.75, 3.05) is 13.2 Å². The number of benzene rings is 1. The molecule has 0 bridgehead atoms. The lowest BCUT2D eigenvalue weighted by molar-refractivity contribution is -0.138. The first-order chi connectivity index (χ1) is 14.2. The van der Waals surface area contributed by atoms with Crippen LogP contribution in [0.3, 0.4) is 0 Å². The monoisotopic (exact) mass is 442 g/mol. The molecule has 0 unspecified atom stereocenters. The van der Waals surface area contributed by atoms with Gasteiger partial charge in [-0.3, -0.25) is 9.59 Å². The summed E-state index contributed by atoms with van der Waals surface area (Å²) in [6.07, 6.45) is 2.87. The summed E-state index contributed by atoms with van der Waals surface area (Å²) in [6.45, 7) is 0.751. The number of carbonyl (C=O) groups is 2. The van der Waals surface area contributed by atoms with E-state index in [2.05, 4.69) is 5.32 Å². The lowest BCUT2D eigenvalue weighted by Gasteiger charge is -2.34. The quantitative estimate of drug-likeness (QED) is 0.547. The molecule has 2 heterocycles. The second-order valence-electron chi connectivity index (χ2n) is 6.63. The summed E-state index contributed by atoms with van der Waals surface area (Å²) >= 11 is 5.23. The zero-order chi connectivity index (χ0) is 22.3. The molecule has 2 aliphatic rings. The minimum Gasteiger partial charge on any atom is -0.488 e. The van der Waals surface area contributed by atoms with E-state index in [1.807, 2.05) is 4.90 Å². The van der Waals surface area contributed by atoms with Gasteiger partial charge in [0, 0.05) is 49.2 Å². The van der Waals surface area contributed by atoms with Crippen LogP contribution in [0, 0.1) is 11.6 Å². The van der Waals surface area contributed by atoms with Crippen LogP contribution < -0.4 is 15.8 Å². The number of ether oxygens (including phenoxy) is 1. The molecule has 11 heteroatoms. The Balaban J connectivity index is 0.000000303. The third kappa shape index (κ3) is 6.36. The van der Waals surface area contributed by atoms with Crippen LogP contribution in [0.5, 0.6) is 5.75 Å².